The SMILES string of the molecule is Fc1ccc([C@@H]2CN(c3ncc(C(F)(F)F)cn3)CCN2)cc1. The Balaban J connectivity index is 1.74. The van der Waals surface area contributed by atoms with Crippen LogP contribution < -0.4 is 10.2 Å². The summed E-state index contributed by atoms with van der Waals surface area (Å²) in [7, 11) is 0. The first-order valence-corrected chi connectivity index (χ1v) is 7.06. The molecule has 23 heavy (non-hydrogen) atoms. The number of nitrogens with one attached hydrogen (secondary N) is 1. The number of anilines is 1. The molecule has 2 heterocycles. The summed E-state index contributed by atoms with van der Waals surface area (Å²) < 4.78 is 50.6. The van der Waals surface area contributed by atoms with E-state index in [2.05, 4.69) is 15.3 Å². The molecular formula is C15H14F4N4. The monoisotopic (exact) mass is 326 g/mol. The average molecular weight is 326 g/mol. The van der Waals surface area contributed by atoms with Gasteiger partial charge < -0.3 is 10.2 Å². The first kappa shape index (κ1) is 15.7. The van der Waals surface area contributed by atoms with Crippen LogP contribution in [0.25, 0.3) is 0 Å². The molecule has 0 aliphatic carbocycles. The lowest BCUT2D eigenvalue weighted by Gasteiger charge is -2.34. The van der Waals surface area contributed by atoms with E-state index in [4.69, 9.17) is 0 Å². The van der Waals surface area contributed by atoms with Crippen molar-refractivity contribution in [1.29, 1.82) is 0 Å². The quantitative estimate of drug-likeness (QED) is 0.862. The zero-order chi connectivity index (χ0) is 16.4. The lowest BCUT2D eigenvalue weighted by atomic mass is 10.0. The largest absolute Gasteiger partial charge is 0.419 e. The first-order valence-electron chi connectivity index (χ1n) is 7.06. The van der Waals surface area contributed by atoms with Crippen molar-refractivity contribution in [2.75, 3.05) is 24.5 Å². The summed E-state index contributed by atoms with van der Waals surface area (Å²) >= 11 is 0. The number of hydrogen-bond acceptors (Lipinski definition) is 4. The predicted octanol–water partition coefficient (Wildman–Crippen LogP) is 2.79. The number of nitrogens with zero attached hydrogens (tertiary/aromatic N) is 3. The lowest BCUT2D eigenvalue weighted by Crippen LogP contribution is -2.46. The highest BCUT2D eigenvalue weighted by Crippen LogP contribution is 2.28. The van der Waals surface area contributed by atoms with Crippen molar-refractivity contribution in [2.45, 2.75) is 12.2 Å². The van der Waals surface area contributed by atoms with E-state index in [1.54, 1.807) is 12.1 Å². The fourth-order valence-electron chi connectivity index (χ4n) is 2.48. The number of rotatable bonds is 2. The minimum atomic E-state index is -4.45. The van der Waals surface area contributed by atoms with Gasteiger partial charge in [-0.1, -0.05) is 12.1 Å². The third-order valence-electron chi connectivity index (χ3n) is 3.70. The molecule has 3 rings (SSSR count). The lowest BCUT2D eigenvalue weighted by molar-refractivity contribution is -0.138. The molecule has 1 saturated heterocycles. The number of alkyl halides is 3. The topological polar surface area (TPSA) is 41.1 Å². The minimum absolute atomic E-state index is 0.0600. The Hall–Kier alpha value is -2.22. The molecule has 2 aromatic rings. The summed E-state index contributed by atoms with van der Waals surface area (Å²) in [5.74, 6) is -0.0564. The number of hydrogen-bond donors (Lipinski definition) is 1. The Bertz CT molecular complexity index is 655. The van der Waals surface area contributed by atoms with Crippen molar-refractivity contribution in [3.05, 3.63) is 53.6 Å². The van der Waals surface area contributed by atoms with Crippen molar-refractivity contribution < 1.29 is 17.6 Å². The van der Waals surface area contributed by atoms with Gasteiger partial charge in [0.2, 0.25) is 5.95 Å². The van der Waals surface area contributed by atoms with Gasteiger partial charge in [-0.05, 0) is 17.7 Å². The molecule has 1 aromatic carbocycles. The van der Waals surface area contributed by atoms with Crippen molar-refractivity contribution in [1.82, 2.24) is 15.3 Å². The van der Waals surface area contributed by atoms with E-state index in [9.17, 15) is 17.6 Å². The van der Waals surface area contributed by atoms with E-state index in [1.807, 2.05) is 4.90 Å². The van der Waals surface area contributed by atoms with Gasteiger partial charge in [0.1, 0.15) is 5.82 Å². The van der Waals surface area contributed by atoms with Gasteiger partial charge in [0.25, 0.3) is 0 Å². The van der Waals surface area contributed by atoms with E-state index < -0.39 is 11.7 Å². The van der Waals surface area contributed by atoms with Crippen molar-refractivity contribution in [2.24, 2.45) is 0 Å². The summed E-state index contributed by atoms with van der Waals surface area (Å²) in [6.45, 7) is 1.71. The molecule has 8 heteroatoms. The van der Waals surface area contributed by atoms with E-state index in [-0.39, 0.29) is 17.8 Å². The van der Waals surface area contributed by atoms with E-state index in [0.717, 1.165) is 18.0 Å². The molecule has 0 bridgehead atoms. The van der Waals surface area contributed by atoms with Gasteiger partial charge in [-0.25, -0.2) is 14.4 Å². The summed E-state index contributed by atoms with van der Waals surface area (Å²) in [5, 5.41) is 3.29. The fraction of sp³-hybridized carbons (Fsp3) is 0.333. The number of halogens is 4. The van der Waals surface area contributed by atoms with Crippen LogP contribution in [0.2, 0.25) is 0 Å². The molecule has 1 atom stereocenters. The van der Waals surface area contributed by atoms with Crippen molar-refractivity contribution in [3.63, 3.8) is 0 Å². The molecule has 4 nitrogen and oxygen atoms in total. The maximum atomic E-state index is 13.0. The maximum absolute atomic E-state index is 13.0. The molecule has 1 aliphatic heterocycles. The van der Waals surface area contributed by atoms with Crippen LogP contribution in [0, 0.1) is 5.82 Å². The number of aromatic nitrogens is 2. The molecule has 1 aliphatic rings. The van der Waals surface area contributed by atoms with E-state index >= 15 is 0 Å². The molecule has 0 unspecified atom stereocenters. The third kappa shape index (κ3) is 3.58. The molecule has 0 radical (unpaired) electrons. The Morgan fingerprint density at radius 2 is 1.74 bits per heavy atom. The Labute approximate surface area is 130 Å². The van der Waals surface area contributed by atoms with Gasteiger partial charge in [0.15, 0.2) is 0 Å². The Morgan fingerprint density at radius 1 is 1.09 bits per heavy atom. The standard InChI is InChI=1S/C15H14F4N4/c16-12-3-1-10(2-4-12)13-9-23(6-5-20-13)14-21-7-11(8-22-14)15(17,18)19/h1-4,7-8,13,20H,5-6,9H2/t13-/m0/s1. The number of piperazine rings is 1. The maximum Gasteiger partial charge on any atom is 0.419 e. The van der Waals surface area contributed by atoms with Crippen LogP contribution in [0.3, 0.4) is 0 Å². The second-order valence-corrected chi connectivity index (χ2v) is 5.27. The van der Waals surface area contributed by atoms with Crippen LogP contribution in [0.4, 0.5) is 23.5 Å². The van der Waals surface area contributed by atoms with Crippen LogP contribution in [0.15, 0.2) is 36.7 Å². The van der Waals surface area contributed by atoms with Gasteiger partial charge in [-0.15, -0.1) is 0 Å². The minimum Gasteiger partial charge on any atom is -0.338 e. The van der Waals surface area contributed by atoms with Crippen LogP contribution in [-0.4, -0.2) is 29.6 Å². The fourth-order valence-corrected chi connectivity index (χ4v) is 2.48. The van der Waals surface area contributed by atoms with Crippen LogP contribution in [0.5, 0.6) is 0 Å². The Kier molecular flexibility index (Phi) is 4.16. The van der Waals surface area contributed by atoms with Gasteiger partial charge in [0.05, 0.1) is 5.56 Å². The van der Waals surface area contributed by atoms with Gasteiger partial charge in [0, 0.05) is 38.1 Å². The van der Waals surface area contributed by atoms with E-state index in [1.165, 1.54) is 12.1 Å². The molecule has 1 aromatic heterocycles. The average Bonchev–Trinajstić information content (AvgIpc) is 2.55. The summed E-state index contributed by atoms with van der Waals surface area (Å²) in [5.41, 5.74) is 0.0366. The summed E-state index contributed by atoms with van der Waals surface area (Å²) in [6, 6.07) is 6.07. The molecule has 0 spiro atoms. The molecule has 1 N–H and O–H groups in total. The van der Waals surface area contributed by atoms with Crippen molar-refractivity contribution in [3.8, 4) is 0 Å². The Morgan fingerprint density at radius 3 is 2.35 bits per heavy atom. The smallest absolute Gasteiger partial charge is 0.338 e. The van der Waals surface area contributed by atoms with E-state index in [0.29, 0.717) is 19.6 Å². The first-order chi connectivity index (χ1) is 10.9. The number of benzene rings is 1. The molecule has 0 amide bonds. The second-order valence-electron chi connectivity index (χ2n) is 5.27. The zero-order valence-corrected chi connectivity index (χ0v) is 12.0. The van der Waals surface area contributed by atoms with Gasteiger partial charge in [-0.3, -0.25) is 0 Å². The highest BCUT2D eigenvalue weighted by molar-refractivity contribution is 5.34. The van der Waals surface area contributed by atoms with Gasteiger partial charge >= 0.3 is 6.18 Å². The highest BCUT2D eigenvalue weighted by atomic mass is 19.4. The zero-order valence-electron chi connectivity index (χ0n) is 12.0. The van der Waals surface area contributed by atoms with Crippen LogP contribution in [0.1, 0.15) is 17.2 Å². The molecule has 1 fully saturated rings. The molecule has 122 valence electrons. The normalized spacial score (nSPS) is 19.0. The van der Waals surface area contributed by atoms with Crippen LogP contribution in [-0.2, 0) is 6.18 Å². The van der Waals surface area contributed by atoms with Gasteiger partial charge in [-0.2, -0.15) is 13.2 Å². The second kappa shape index (κ2) is 6.11. The van der Waals surface area contributed by atoms with Crippen LogP contribution >= 0.6 is 0 Å². The molecule has 0 saturated carbocycles. The highest BCUT2D eigenvalue weighted by Gasteiger charge is 2.32. The summed E-state index contributed by atoms with van der Waals surface area (Å²) in [4.78, 5) is 9.45. The predicted molar refractivity (Wildman–Crippen MR) is 76.4 cm³/mol. The van der Waals surface area contributed by atoms with Crippen molar-refractivity contribution >= 4 is 5.95 Å². The third-order valence-corrected chi connectivity index (χ3v) is 3.70. The summed E-state index contributed by atoms with van der Waals surface area (Å²) in [6.07, 6.45) is -2.87. The molecular weight excluding hydrogens is 312 g/mol.